The average Bonchev–Trinajstić information content (AvgIpc) is 3.09. The fraction of sp³-hybridized carbons (Fsp3) is 0.182. The van der Waals surface area contributed by atoms with E-state index < -0.39 is 24.2 Å². The molecule has 0 saturated heterocycles. The fourth-order valence-electron chi connectivity index (χ4n) is 3.47. The Bertz CT molecular complexity index is 1330. The van der Waals surface area contributed by atoms with E-state index in [1.165, 1.54) is 44.4 Å². The number of hydrogen-bond acceptors (Lipinski definition) is 4. The van der Waals surface area contributed by atoms with Crippen LogP contribution in [0.5, 0.6) is 11.5 Å². The van der Waals surface area contributed by atoms with E-state index in [-0.39, 0.29) is 45.2 Å². The van der Waals surface area contributed by atoms with E-state index in [4.69, 9.17) is 4.74 Å². The zero-order chi connectivity index (χ0) is 23.9. The summed E-state index contributed by atoms with van der Waals surface area (Å²) in [5, 5.41) is 3.82. The van der Waals surface area contributed by atoms with E-state index >= 15 is 0 Å². The van der Waals surface area contributed by atoms with Gasteiger partial charge in [-0.25, -0.2) is 14.1 Å². The molecule has 2 aromatic heterocycles. The molecule has 0 atom stereocenters. The van der Waals surface area contributed by atoms with Crippen LogP contribution in [0.25, 0.3) is 28.0 Å². The van der Waals surface area contributed by atoms with Gasteiger partial charge in [0.15, 0.2) is 17.1 Å². The van der Waals surface area contributed by atoms with Crippen LogP contribution in [0.3, 0.4) is 0 Å². The monoisotopic (exact) mass is 467 g/mol. The Morgan fingerprint density at radius 2 is 1.73 bits per heavy atom. The van der Waals surface area contributed by atoms with Gasteiger partial charge in [-0.2, -0.15) is 27.1 Å². The van der Waals surface area contributed by atoms with Gasteiger partial charge in [0.05, 0.1) is 29.4 Å². The molecule has 4 aromatic rings. The van der Waals surface area contributed by atoms with Gasteiger partial charge >= 0.3 is 12.8 Å². The van der Waals surface area contributed by atoms with Crippen LogP contribution >= 0.6 is 0 Å². The molecule has 0 radical (unpaired) electrons. The summed E-state index contributed by atoms with van der Waals surface area (Å²) in [5.41, 5.74) is -1.30. The first kappa shape index (κ1) is 22.4. The number of ether oxygens (including phenoxy) is 2. The van der Waals surface area contributed by atoms with Crippen LogP contribution in [0.1, 0.15) is 11.3 Å². The minimum atomic E-state index is -4.77. The van der Waals surface area contributed by atoms with Crippen molar-refractivity contribution in [1.29, 1.82) is 0 Å². The zero-order valence-corrected chi connectivity index (χ0v) is 17.1. The zero-order valence-electron chi connectivity index (χ0n) is 17.1. The van der Waals surface area contributed by atoms with E-state index in [2.05, 4.69) is 14.8 Å². The summed E-state index contributed by atoms with van der Waals surface area (Å²) in [6.45, 7) is -1.75. The molecule has 11 heteroatoms. The number of aryl methyl sites for hydroxylation is 1. The maximum Gasteiger partial charge on any atom is 0.417 e. The van der Waals surface area contributed by atoms with Crippen molar-refractivity contribution in [3.05, 3.63) is 65.6 Å². The molecular weight excluding hydrogens is 452 g/mol. The van der Waals surface area contributed by atoms with Gasteiger partial charge in [0.25, 0.3) is 0 Å². The van der Waals surface area contributed by atoms with Crippen LogP contribution < -0.4 is 9.47 Å². The molecule has 0 aliphatic heterocycles. The number of alkyl halides is 5. The first-order chi connectivity index (χ1) is 15.6. The van der Waals surface area contributed by atoms with Gasteiger partial charge < -0.3 is 9.47 Å². The Balaban J connectivity index is 1.99. The molecule has 0 aliphatic carbocycles. The van der Waals surface area contributed by atoms with Gasteiger partial charge in [-0.1, -0.05) is 12.1 Å². The molecule has 0 saturated carbocycles. The molecule has 5 nitrogen and oxygen atoms in total. The summed E-state index contributed by atoms with van der Waals surface area (Å²) in [7, 11) is 1.20. The van der Waals surface area contributed by atoms with E-state index in [1.807, 2.05) is 0 Å². The van der Waals surface area contributed by atoms with Gasteiger partial charge in [-0.15, -0.1) is 0 Å². The van der Waals surface area contributed by atoms with E-state index in [0.29, 0.717) is 0 Å². The van der Waals surface area contributed by atoms with Gasteiger partial charge in [-0.3, -0.25) is 0 Å². The number of hydrogen-bond donors (Lipinski definition) is 0. The van der Waals surface area contributed by atoms with Gasteiger partial charge in [0, 0.05) is 5.56 Å². The molecule has 0 unspecified atom stereocenters. The number of nitrogens with zero attached hydrogens (tertiary/aromatic N) is 3. The highest BCUT2D eigenvalue weighted by atomic mass is 19.4. The van der Waals surface area contributed by atoms with Crippen LogP contribution in [0, 0.1) is 12.7 Å². The SMILES string of the molecule is COc1cc(-c2cc(C(F)(F)F)c3c(C)nn(-c4ccccc4F)c3n2)ccc1OC(F)F. The summed E-state index contributed by atoms with van der Waals surface area (Å²) in [5.74, 6) is -1.11. The van der Waals surface area contributed by atoms with Gasteiger partial charge in [-0.05, 0) is 43.3 Å². The predicted molar refractivity (Wildman–Crippen MR) is 107 cm³/mol. The number of halogens is 6. The molecule has 33 heavy (non-hydrogen) atoms. The minimum absolute atomic E-state index is 0.0119. The molecule has 0 fully saturated rings. The quantitative estimate of drug-likeness (QED) is 0.330. The highest BCUT2D eigenvalue weighted by Gasteiger charge is 2.36. The van der Waals surface area contributed by atoms with Crippen molar-refractivity contribution in [2.75, 3.05) is 7.11 Å². The van der Waals surface area contributed by atoms with Crippen molar-refractivity contribution in [3.63, 3.8) is 0 Å². The first-order valence-corrected chi connectivity index (χ1v) is 9.46. The van der Waals surface area contributed by atoms with Crippen molar-refractivity contribution >= 4 is 11.0 Å². The van der Waals surface area contributed by atoms with Crippen LogP contribution in [0.4, 0.5) is 26.3 Å². The lowest BCUT2D eigenvalue weighted by Crippen LogP contribution is -2.08. The molecule has 2 heterocycles. The Morgan fingerprint density at radius 3 is 2.36 bits per heavy atom. The Kier molecular flexibility index (Phi) is 5.64. The van der Waals surface area contributed by atoms with Crippen molar-refractivity contribution in [1.82, 2.24) is 14.8 Å². The summed E-state index contributed by atoms with van der Waals surface area (Å²) in [4.78, 5) is 4.31. The standard InChI is InChI=1S/C22H15F6N3O2/c1-11-19-13(22(26,27)28)10-15(12-7-8-17(33-21(24)25)18(9-12)32-2)29-20(19)31(30-11)16-6-4-3-5-14(16)23/h3-10,21H,1-2H3. The molecule has 0 N–H and O–H groups in total. The fourth-order valence-corrected chi connectivity index (χ4v) is 3.47. The van der Waals surface area contributed by atoms with Crippen LogP contribution in [-0.2, 0) is 6.18 Å². The highest BCUT2D eigenvalue weighted by Crippen LogP contribution is 2.40. The highest BCUT2D eigenvalue weighted by molar-refractivity contribution is 5.87. The summed E-state index contributed by atoms with van der Waals surface area (Å²) < 4.78 is 91.9. The summed E-state index contributed by atoms with van der Waals surface area (Å²) in [6, 6.07) is 9.93. The third kappa shape index (κ3) is 4.18. The van der Waals surface area contributed by atoms with Crippen molar-refractivity contribution in [3.8, 4) is 28.4 Å². The van der Waals surface area contributed by atoms with E-state index in [0.717, 1.165) is 22.9 Å². The molecular formula is C22H15F6N3O2. The first-order valence-electron chi connectivity index (χ1n) is 9.46. The number of rotatable bonds is 5. The maximum absolute atomic E-state index is 14.4. The smallest absolute Gasteiger partial charge is 0.417 e. The molecule has 172 valence electrons. The topological polar surface area (TPSA) is 49.2 Å². The second-order valence-corrected chi connectivity index (χ2v) is 6.94. The maximum atomic E-state index is 14.4. The lowest BCUT2D eigenvalue weighted by atomic mass is 10.0. The number of aromatic nitrogens is 3. The lowest BCUT2D eigenvalue weighted by molar-refractivity contribution is -0.136. The van der Waals surface area contributed by atoms with Crippen LogP contribution in [-0.4, -0.2) is 28.5 Å². The van der Waals surface area contributed by atoms with Gasteiger partial charge in [0.2, 0.25) is 0 Å². The van der Waals surface area contributed by atoms with Crippen LogP contribution in [0.2, 0.25) is 0 Å². The van der Waals surface area contributed by atoms with E-state index in [1.54, 1.807) is 0 Å². The minimum Gasteiger partial charge on any atom is -0.493 e. The molecule has 0 bridgehead atoms. The predicted octanol–water partition coefficient (Wildman–Crippen LogP) is 6.16. The lowest BCUT2D eigenvalue weighted by Gasteiger charge is -2.14. The van der Waals surface area contributed by atoms with Crippen molar-refractivity contribution in [2.24, 2.45) is 0 Å². The van der Waals surface area contributed by atoms with E-state index in [9.17, 15) is 26.3 Å². The van der Waals surface area contributed by atoms with Crippen molar-refractivity contribution < 1.29 is 35.8 Å². The van der Waals surface area contributed by atoms with Gasteiger partial charge in [0.1, 0.15) is 11.5 Å². The molecule has 0 spiro atoms. The molecule has 4 rings (SSSR count). The number of benzene rings is 2. The Labute approximate surface area is 183 Å². The summed E-state index contributed by atoms with van der Waals surface area (Å²) in [6.07, 6.45) is -4.77. The third-order valence-electron chi connectivity index (χ3n) is 4.87. The number of methoxy groups -OCH3 is 1. The molecule has 0 aliphatic rings. The second-order valence-electron chi connectivity index (χ2n) is 6.94. The van der Waals surface area contributed by atoms with Crippen molar-refractivity contribution in [2.45, 2.75) is 19.7 Å². The normalized spacial score (nSPS) is 11.9. The summed E-state index contributed by atoms with van der Waals surface area (Å²) >= 11 is 0. The average molecular weight is 467 g/mol. The third-order valence-corrected chi connectivity index (χ3v) is 4.87. The second kappa shape index (κ2) is 8.30. The van der Waals surface area contributed by atoms with Crippen LogP contribution in [0.15, 0.2) is 48.5 Å². The molecule has 0 amide bonds. The number of pyridine rings is 1. The number of fused-ring (bicyclic) bond motifs is 1. The Morgan fingerprint density at radius 1 is 1.00 bits per heavy atom. The Hall–Kier alpha value is -3.76. The largest absolute Gasteiger partial charge is 0.493 e. The molecule has 2 aromatic carbocycles. The number of para-hydroxylation sites is 1.